The average Bonchev–Trinajstić information content (AvgIpc) is 3.01. The number of para-hydroxylation sites is 1. The highest BCUT2D eigenvalue weighted by Crippen LogP contribution is 2.31. The van der Waals surface area contributed by atoms with Gasteiger partial charge >= 0.3 is 12.0 Å². The van der Waals surface area contributed by atoms with Gasteiger partial charge in [-0.2, -0.15) is 0 Å². The van der Waals surface area contributed by atoms with Crippen LogP contribution in [-0.2, 0) is 4.79 Å². The first kappa shape index (κ1) is 16.0. The highest BCUT2D eigenvalue weighted by Gasteiger charge is 2.18. The van der Waals surface area contributed by atoms with Crippen molar-refractivity contribution in [1.29, 1.82) is 0 Å². The predicted octanol–water partition coefficient (Wildman–Crippen LogP) is 3.60. The summed E-state index contributed by atoms with van der Waals surface area (Å²) in [4.78, 5) is 25.5. The number of carbonyl (C=O) groups is 2. The molecule has 0 aliphatic carbocycles. The van der Waals surface area contributed by atoms with E-state index in [1.807, 2.05) is 41.8 Å². The molecule has 0 aliphatic rings. The van der Waals surface area contributed by atoms with Crippen molar-refractivity contribution >= 4 is 29.0 Å². The molecule has 116 valence electrons. The summed E-state index contributed by atoms with van der Waals surface area (Å²) in [7, 11) is 1.59. The first-order valence-corrected chi connectivity index (χ1v) is 7.75. The molecular weight excluding hydrogens is 300 g/mol. The third-order valence-corrected chi connectivity index (χ3v) is 4.17. The van der Waals surface area contributed by atoms with Gasteiger partial charge in [0.25, 0.3) is 0 Å². The van der Waals surface area contributed by atoms with Gasteiger partial charge in [-0.15, -0.1) is 11.3 Å². The second kappa shape index (κ2) is 7.09. The number of thiophene rings is 1. The molecule has 0 aliphatic heterocycles. The van der Waals surface area contributed by atoms with Crippen molar-refractivity contribution in [1.82, 2.24) is 4.90 Å². The minimum atomic E-state index is -0.918. The molecule has 1 aromatic carbocycles. The minimum Gasteiger partial charge on any atom is -0.481 e. The van der Waals surface area contributed by atoms with E-state index in [1.165, 1.54) is 4.90 Å². The number of nitrogens with one attached hydrogen (secondary N) is 1. The van der Waals surface area contributed by atoms with Crippen molar-refractivity contribution in [2.24, 2.45) is 5.92 Å². The normalized spacial score (nSPS) is 11.7. The Balaban J connectivity index is 2.11. The number of hydrogen-bond donors (Lipinski definition) is 2. The van der Waals surface area contributed by atoms with Crippen molar-refractivity contribution in [3.8, 4) is 10.4 Å². The number of carboxylic acids is 1. The Bertz CT molecular complexity index is 655. The topological polar surface area (TPSA) is 69.6 Å². The molecular formula is C16H18N2O3S. The zero-order valence-electron chi connectivity index (χ0n) is 12.4. The second-order valence-corrected chi connectivity index (χ2v) is 6.02. The summed E-state index contributed by atoms with van der Waals surface area (Å²) in [6.45, 7) is 1.73. The van der Waals surface area contributed by atoms with Gasteiger partial charge in [0.15, 0.2) is 0 Å². The number of anilines is 1. The number of nitrogens with zero attached hydrogens (tertiary/aromatic N) is 1. The Kier molecular flexibility index (Phi) is 5.16. The van der Waals surface area contributed by atoms with Gasteiger partial charge in [0, 0.05) is 24.0 Å². The van der Waals surface area contributed by atoms with E-state index in [1.54, 1.807) is 25.3 Å². The first-order chi connectivity index (χ1) is 10.5. The fourth-order valence-electron chi connectivity index (χ4n) is 2.02. The van der Waals surface area contributed by atoms with Gasteiger partial charge in [-0.25, -0.2) is 4.79 Å². The molecule has 5 nitrogen and oxygen atoms in total. The number of aliphatic carboxylic acids is 1. The van der Waals surface area contributed by atoms with E-state index in [9.17, 15) is 9.59 Å². The lowest BCUT2D eigenvalue weighted by molar-refractivity contribution is -0.141. The molecule has 2 rings (SSSR count). The minimum absolute atomic E-state index is 0.155. The Labute approximate surface area is 133 Å². The van der Waals surface area contributed by atoms with Crippen molar-refractivity contribution in [3.63, 3.8) is 0 Å². The first-order valence-electron chi connectivity index (χ1n) is 6.87. The third kappa shape index (κ3) is 3.85. The number of hydrogen-bond acceptors (Lipinski definition) is 3. The SMILES string of the molecule is CC(CN(C)C(=O)Nc1ccccc1-c1cccs1)C(=O)O. The molecule has 2 amide bonds. The maximum absolute atomic E-state index is 12.2. The van der Waals surface area contributed by atoms with Crippen LogP contribution in [0.4, 0.5) is 10.5 Å². The van der Waals surface area contributed by atoms with Crippen LogP contribution in [0.3, 0.4) is 0 Å². The number of urea groups is 1. The zero-order chi connectivity index (χ0) is 16.1. The van der Waals surface area contributed by atoms with Crippen LogP contribution in [0, 0.1) is 5.92 Å². The van der Waals surface area contributed by atoms with E-state index < -0.39 is 11.9 Å². The van der Waals surface area contributed by atoms with Crippen molar-refractivity contribution in [2.75, 3.05) is 18.9 Å². The van der Waals surface area contributed by atoms with Crippen molar-refractivity contribution in [2.45, 2.75) is 6.92 Å². The molecule has 22 heavy (non-hydrogen) atoms. The molecule has 2 aromatic rings. The van der Waals surface area contributed by atoms with E-state index in [4.69, 9.17) is 5.11 Å². The summed E-state index contributed by atoms with van der Waals surface area (Å²) < 4.78 is 0. The van der Waals surface area contributed by atoms with Crippen LogP contribution in [0.25, 0.3) is 10.4 Å². The van der Waals surface area contributed by atoms with Crippen molar-refractivity contribution < 1.29 is 14.7 Å². The maximum atomic E-state index is 12.2. The largest absolute Gasteiger partial charge is 0.481 e. The highest BCUT2D eigenvalue weighted by molar-refractivity contribution is 7.13. The molecule has 0 saturated heterocycles. The molecule has 1 aromatic heterocycles. The Hall–Kier alpha value is -2.34. The summed E-state index contributed by atoms with van der Waals surface area (Å²) in [5.41, 5.74) is 1.66. The van der Waals surface area contributed by atoms with E-state index in [0.717, 1.165) is 10.4 Å². The molecule has 6 heteroatoms. The van der Waals surface area contributed by atoms with Gasteiger partial charge in [-0.3, -0.25) is 4.79 Å². The quantitative estimate of drug-likeness (QED) is 0.885. The second-order valence-electron chi connectivity index (χ2n) is 5.07. The average molecular weight is 318 g/mol. The lowest BCUT2D eigenvalue weighted by Crippen LogP contribution is -2.36. The monoisotopic (exact) mass is 318 g/mol. The van der Waals surface area contributed by atoms with Gasteiger partial charge < -0.3 is 15.3 Å². The van der Waals surface area contributed by atoms with Crippen LogP contribution in [-0.4, -0.2) is 35.6 Å². The van der Waals surface area contributed by atoms with Gasteiger partial charge in [0.05, 0.1) is 11.6 Å². The lowest BCUT2D eigenvalue weighted by atomic mass is 10.1. The van der Waals surface area contributed by atoms with Crippen molar-refractivity contribution in [3.05, 3.63) is 41.8 Å². The summed E-state index contributed by atoms with van der Waals surface area (Å²) >= 11 is 1.60. The van der Waals surface area contributed by atoms with Crippen LogP contribution < -0.4 is 5.32 Å². The standard InChI is InChI=1S/C16H18N2O3S/c1-11(15(19)20)10-18(2)16(21)17-13-7-4-3-6-12(13)14-8-5-9-22-14/h3-9,11H,10H2,1-2H3,(H,17,21)(H,19,20). The molecule has 0 saturated carbocycles. The maximum Gasteiger partial charge on any atom is 0.321 e. The fraction of sp³-hybridized carbons (Fsp3) is 0.250. The number of benzene rings is 1. The Morgan fingerprint density at radius 2 is 2.00 bits per heavy atom. The fourth-order valence-corrected chi connectivity index (χ4v) is 2.79. The summed E-state index contributed by atoms with van der Waals surface area (Å²) in [5.74, 6) is -1.53. The summed E-state index contributed by atoms with van der Waals surface area (Å²) in [6, 6.07) is 11.2. The molecule has 0 spiro atoms. The van der Waals surface area contributed by atoms with E-state index in [0.29, 0.717) is 5.69 Å². The van der Waals surface area contributed by atoms with E-state index in [2.05, 4.69) is 5.32 Å². The van der Waals surface area contributed by atoms with E-state index >= 15 is 0 Å². The third-order valence-electron chi connectivity index (χ3n) is 3.27. The summed E-state index contributed by atoms with van der Waals surface area (Å²) in [5, 5.41) is 13.7. The predicted molar refractivity (Wildman–Crippen MR) is 88.2 cm³/mol. The number of amides is 2. The molecule has 1 atom stereocenters. The van der Waals surface area contributed by atoms with Gasteiger partial charge in [-0.1, -0.05) is 31.2 Å². The Morgan fingerprint density at radius 1 is 1.27 bits per heavy atom. The molecule has 0 radical (unpaired) electrons. The van der Waals surface area contributed by atoms with Crippen LogP contribution in [0.1, 0.15) is 6.92 Å². The highest BCUT2D eigenvalue weighted by atomic mass is 32.1. The smallest absolute Gasteiger partial charge is 0.321 e. The molecule has 0 bridgehead atoms. The molecule has 1 unspecified atom stereocenters. The van der Waals surface area contributed by atoms with Crippen LogP contribution in [0.2, 0.25) is 0 Å². The van der Waals surface area contributed by atoms with E-state index in [-0.39, 0.29) is 12.6 Å². The van der Waals surface area contributed by atoms with Crippen LogP contribution in [0.15, 0.2) is 41.8 Å². The van der Waals surface area contributed by atoms with Gasteiger partial charge in [0.1, 0.15) is 0 Å². The van der Waals surface area contributed by atoms with Gasteiger partial charge in [-0.05, 0) is 17.5 Å². The summed E-state index contributed by atoms with van der Waals surface area (Å²) in [6.07, 6.45) is 0. The zero-order valence-corrected chi connectivity index (χ0v) is 13.3. The van der Waals surface area contributed by atoms with Gasteiger partial charge in [0.2, 0.25) is 0 Å². The van der Waals surface area contributed by atoms with Crippen LogP contribution >= 0.6 is 11.3 Å². The Morgan fingerprint density at radius 3 is 2.64 bits per heavy atom. The number of carboxylic acid groups (broad SMARTS) is 1. The molecule has 0 fully saturated rings. The molecule has 2 N–H and O–H groups in total. The molecule has 1 heterocycles. The number of rotatable bonds is 5. The van der Waals surface area contributed by atoms with Crippen LogP contribution in [0.5, 0.6) is 0 Å². The number of carbonyl (C=O) groups excluding carboxylic acids is 1. The lowest BCUT2D eigenvalue weighted by Gasteiger charge is -2.20.